The Hall–Kier alpha value is -3.67. The first kappa shape index (κ1) is 65.3. The third-order valence-electron chi connectivity index (χ3n) is 12.1. The van der Waals surface area contributed by atoms with E-state index in [-0.39, 0.29) is 44.0 Å². The number of hydrogen-bond acceptors (Lipinski definition) is 6. The molecule has 0 saturated carbocycles. The molecule has 0 spiro atoms. The van der Waals surface area contributed by atoms with Crippen LogP contribution in [0.3, 0.4) is 0 Å². The van der Waals surface area contributed by atoms with E-state index in [0.717, 1.165) is 77.0 Å². The van der Waals surface area contributed by atoms with Crippen molar-refractivity contribution in [2.75, 3.05) is 13.2 Å². The number of hydrogen-bond donors (Lipinski definition) is 0. The first-order valence-corrected chi connectivity index (χ1v) is 28.7. The molecule has 0 aliphatic heterocycles. The van der Waals surface area contributed by atoms with E-state index in [1.54, 1.807) is 0 Å². The maximum atomic E-state index is 12.9. The van der Waals surface area contributed by atoms with Gasteiger partial charge in [-0.2, -0.15) is 0 Å². The second-order valence-corrected chi connectivity index (χ2v) is 18.8. The van der Waals surface area contributed by atoms with E-state index in [1.165, 1.54) is 135 Å². The van der Waals surface area contributed by atoms with Gasteiger partial charge in [0.25, 0.3) is 0 Å². The summed E-state index contributed by atoms with van der Waals surface area (Å²) >= 11 is 0. The lowest BCUT2D eigenvalue weighted by Crippen LogP contribution is -2.30. The zero-order chi connectivity index (χ0) is 50.0. The van der Waals surface area contributed by atoms with Crippen molar-refractivity contribution in [2.24, 2.45) is 0 Å². The van der Waals surface area contributed by atoms with E-state index in [2.05, 4.69) is 118 Å². The van der Waals surface area contributed by atoms with Crippen LogP contribution in [0.5, 0.6) is 0 Å². The van der Waals surface area contributed by atoms with E-state index in [1.807, 2.05) is 0 Å². The average molecular weight is 960 g/mol. The zero-order valence-corrected chi connectivity index (χ0v) is 45.0. The van der Waals surface area contributed by atoms with Gasteiger partial charge >= 0.3 is 17.9 Å². The Morgan fingerprint density at radius 1 is 0.304 bits per heavy atom. The summed E-state index contributed by atoms with van der Waals surface area (Å²) in [7, 11) is 0. The van der Waals surface area contributed by atoms with Gasteiger partial charge in [-0.25, -0.2) is 0 Å². The summed E-state index contributed by atoms with van der Waals surface area (Å²) in [6.07, 6.45) is 75.5. The van der Waals surface area contributed by atoms with Crippen molar-refractivity contribution in [1.29, 1.82) is 0 Å². The number of esters is 3. The molecule has 0 aromatic rings. The van der Waals surface area contributed by atoms with Crippen molar-refractivity contribution in [3.8, 4) is 0 Å². The van der Waals surface area contributed by atoms with Gasteiger partial charge in [0.2, 0.25) is 0 Å². The highest BCUT2D eigenvalue weighted by Crippen LogP contribution is 2.15. The largest absolute Gasteiger partial charge is 0.462 e. The molecule has 6 heteroatoms. The molecule has 1 atom stereocenters. The highest BCUT2D eigenvalue weighted by atomic mass is 16.6. The van der Waals surface area contributed by atoms with Crippen LogP contribution in [0.4, 0.5) is 0 Å². The smallest absolute Gasteiger partial charge is 0.306 e. The van der Waals surface area contributed by atoms with E-state index in [0.29, 0.717) is 19.3 Å². The normalized spacial score (nSPS) is 12.8. The Labute approximate surface area is 426 Å². The van der Waals surface area contributed by atoms with Crippen molar-refractivity contribution in [2.45, 2.75) is 271 Å². The summed E-state index contributed by atoms with van der Waals surface area (Å²) in [4.78, 5) is 38.1. The third kappa shape index (κ3) is 55.1. The van der Waals surface area contributed by atoms with E-state index < -0.39 is 6.10 Å². The summed E-state index contributed by atoms with van der Waals surface area (Å²) in [5.41, 5.74) is 0. The van der Waals surface area contributed by atoms with Crippen LogP contribution in [-0.2, 0) is 28.6 Å². The molecule has 0 aromatic heterocycles. The maximum Gasteiger partial charge on any atom is 0.306 e. The van der Waals surface area contributed by atoms with Crippen LogP contribution in [0.15, 0.2) is 97.2 Å². The van der Waals surface area contributed by atoms with Crippen LogP contribution in [0, 0.1) is 0 Å². The lowest BCUT2D eigenvalue weighted by atomic mass is 10.0. The quantitative estimate of drug-likeness (QED) is 0.0262. The molecule has 0 radical (unpaired) electrons. The van der Waals surface area contributed by atoms with Crippen LogP contribution in [0.1, 0.15) is 265 Å². The van der Waals surface area contributed by atoms with Gasteiger partial charge in [-0.3, -0.25) is 14.4 Å². The minimum Gasteiger partial charge on any atom is -0.462 e. The summed E-state index contributed by atoms with van der Waals surface area (Å²) in [6.45, 7) is 6.44. The Kier molecular flexibility index (Phi) is 53.9. The lowest BCUT2D eigenvalue weighted by molar-refractivity contribution is -0.167. The van der Waals surface area contributed by atoms with Crippen LogP contribution in [0.2, 0.25) is 0 Å². The Morgan fingerprint density at radius 3 is 0.928 bits per heavy atom. The zero-order valence-electron chi connectivity index (χ0n) is 45.0. The molecule has 0 amide bonds. The lowest BCUT2D eigenvalue weighted by Gasteiger charge is -2.18. The molecule has 0 heterocycles. The Bertz CT molecular complexity index is 1380. The van der Waals surface area contributed by atoms with Gasteiger partial charge in [0.1, 0.15) is 13.2 Å². The average Bonchev–Trinajstić information content (AvgIpc) is 3.35. The molecule has 0 fully saturated rings. The Balaban J connectivity index is 4.53. The number of unbranched alkanes of at least 4 members (excludes halogenated alkanes) is 24. The minimum absolute atomic E-state index is 0.120. The van der Waals surface area contributed by atoms with E-state index in [9.17, 15) is 14.4 Å². The monoisotopic (exact) mass is 959 g/mol. The molecule has 0 N–H and O–H groups in total. The molecule has 6 nitrogen and oxygen atoms in total. The number of allylic oxidation sites excluding steroid dienone is 16. The number of carbonyl (C=O) groups excluding carboxylic acids is 3. The molecule has 69 heavy (non-hydrogen) atoms. The van der Waals surface area contributed by atoms with Gasteiger partial charge in [0, 0.05) is 19.3 Å². The first-order chi connectivity index (χ1) is 34.0. The fraction of sp³-hybridized carbons (Fsp3) is 0.698. The van der Waals surface area contributed by atoms with Crippen molar-refractivity contribution in [3.63, 3.8) is 0 Å². The van der Waals surface area contributed by atoms with Gasteiger partial charge in [0.05, 0.1) is 0 Å². The van der Waals surface area contributed by atoms with E-state index >= 15 is 0 Å². The molecule has 0 rings (SSSR count). The fourth-order valence-electron chi connectivity index (χ4n) is 7.79. The highest BCUT2D eigenvalue weighted by Gasteiger charge is 2.19. The molecule has 0 aliphatic rings. The van der Waals surface area contributed by atoms with Gasteiger partial charge in [-0.1, -0.05) is 253 Å². The van der Waals surface area contributed by atoms with Crippen molar-refractivity contribution in [1.82, 2.24) is 0 Å². The van der Waals surface area contributed by atoms with Gasteiger partial charge in [-0.15, -0.1) is 0 Å². The summed E-state index contributed by atoms with van der Waals surface area (Å²) in [5.74, 6) is -1.02. The molecule has 0 bridgehead atoms. The molecule has 0 unspecified atom stereocenters. The second-order valence-electron chi connectivity index (χ2n) is 18.8. The number of rotatable bonds is 51. The SMILES string of the molecule is CC/C=C\C/C=C\C/C=C\C/C=C\C/C=C\CCCC(=O)OC[C@H](COC(=O)CCC/C=C\C/C=C\C/C=C\CCCCCCCC)OC(=O)CCCCCCCCCCCCCCCCCCC. The molecular formula is C63H106O6. The fourth-order valence-corrected chi connectivity index (χ4v) is 7.79. The van der Waals surface area contributed by atoms with Crippen LogP contribution in [0.25, 0.3) is 0 Å². The predicted molar refractivity (Wildman–Crippen MR) is 297 cm³/mol. The summed E-state index contributed by atoms with van der Waals surface area (Å²) in [5, 5.41) is 0. The van der Waals surface area contributed by atoms with Crippen molar-refractivity contribution >= 4 is 17.9 Å². The van der Waals surface area contributed by atoms with Crippen molar-refractivity contribution < 1.29 is 28.6 Å². The standard InChI is InChI=1S/C63H106O6/c1-4-7-10-13-16-19-22-25-28-31-34-37-40-43-46-49-52-55-61(64)67-58-60(69-63(66)57-54-51-48-45-42-39-36-33-30-27-24-21-18-15-12-9-6-3)59-68-62(65)56-53-50-47-44-41-38-35-32-29-26-23-20-17-14-11-8-5-2/h7,10,16,19,25-26,28-29,34-35,37-38,43-44,46-47,60H,4-6,8-9,11-15,17-18,20-24,27,30-33,36,39-42,45,48-59H2,1-3H3/b10-7-,19-16-,28-25-,29-26-,37-34-,38-35-,46-43-,47-44-/t60-/m1/s1. The van der Waals surface area contributed by atoms with Gasteiger partial charge < -0.3 is 14.2 Å². The minimum atomic E-state index is -0.820. The Morgan fingerprint density at radius 2 is 0.580 bits per heavy atom. The number of ether oxygens (including phenoxy) is 3. The topological polar surface area (TPSA) is 78.9 Å². The summed E-state index contributed by atoms with van der Waals surface area (Å²) < 4.78 is 16.8. The molecule has 0 aromatic carbocycles. The summed E-state index contributed by atoms with van der Waals surface area (Å²) in [6, 6.07) is 0. The molecule has 394 valence electrons. The van der Waals surface area contributed by atoms with Gasteiger partial charge in [-0.05, 0) is 89.9 Å². The van der Waals surface area contributed by atoms with Crippen LogP contribution >= 0.6 is 0 Å². The molecule has 0 aliphatic carbocycles. The highest BCUT2D eigenvalue weighted by molar-refractivity contribution is 5.71. The van der Waals surface area contributed by atoms with Crippen molar-refractivity contribution in [3.05, 3.63) is 97.2 Å². The molecular weight excluding hydrogens is 853 g/mol. The maximum absolute atomic E-state index is 12.9. The van der Waals surface area contributed by atoms with Gasteiger partial charge in [0.15, 0.2) is 6.10 Å². The van der Waals surface area contributed by atoms with Crippen LogP contribution in [-0.4, -0.2) is 37.2 Å². The number of carbonyl (C=O) groups is 3. The second kappa shape index (κ2) is 56.9. The molecule has 0 saturated heterocycles. The van der Waals surface area contributed by atoms with E-state index in [4.69, 9.17) is 14.2 Å². The van der Waals surface area contributed by atoms with Crippen LogP contribution < -0.4 is 0 Å². The predicted octanol–water partition coefficient (Wildman–Crippen LogP) is 19.3. The third-order valence-corrected chi connectivity index (χ3v) is 12.1. The first-order valence-electron chi connectivity index (χ1n) is 28.7.